The molecular formula is C11H9F5N2O3. The molecule has 1 aromatic rings. The minimum Gasteiger partial charge on any atom is -0.483 e. The van der Waals surface area contributed by atoms with Gasteiger partial charge in [-0.15, -0.1) is 0 Å². The van der Waals surface area contributed by atoms with Crippen molar-refractivity contribution in [3.8, 4) is 5.75 Å². The zero-order chi connectivity index (χ0) is 16.2. The first-order valence-corrected chi connectivity index (χ1v) is 5.32. The highest BCUT2D eigenvalue weighted by atomic mass is 19.4. The number of alkyl halides is 5. The summed E-state index contributed by atoms with van der Waals surface area (Å²) in [6, 6.07) is 2.75. The fraction of sp³-hybridized carbons (Fsp3) is 0.273. The average molecular weight is 312 g/mol. The van der Waals surface area contributed by atoms with Gasteiger partial charge in [-0.3, -0.25) is 9.59 Å². The van der Waals surface area contributed by atoms with E-state index in [0.29, 0.717) is 0 Å². The van der Waals surface area contributed by atoms with Crippen LogP contribution in [-0.4, -0.2) is 31.0 Å². The Morgan fingerprint density at radius 1 is 1.29 bits per heavy atom. The van der Waals surface area contributed by atoms with Crippen LogP contribution in [0.2, 0.25) is 0 Å². The molecule has 3 N–H and O–H groups in total. The molecule has 21 heavy (non-hydrogen) atoms. The Morgan fingerprint density at radius 2 is 1.90 bits per heavy atom. The Labute approximate surface area is 114 Å². The highest BCUT2D eigenvalue weighted by Crippen LogP contribution is 2.25. The molecule has 0 aromatic heterocycles. The fourth-order valence-corrected chi connectivity index (χ4v) is 1.28. The molecule has 1 rings (SSSR count). The normalized spacial score (nSPS) is 11.3. The minimum absolute atomic E-state index is 0.228. The number of primary amides is 1. The van der Waals surface area contributed by atoms with Gasteiger partial charge in [0.15, 0.2) is 6.61 Å². The van der Waals surface area contributed by atoms with E-state index in [9.17, 15) is 31.5 Å². The minimum atomic E-state index is -4.63. The lowest BCUT2D eigenvalue weighted by molar-refractivity contribution is -0.153. The van der Waals surface area contributed by atoms with Crippen LogP contribution in [0.5, 0.6) is 5.75 Å². The van der Waals surface area contributed by atoms with E-state index in [1.807, 2.05) is 0 Å². The number of hydrogen-bond donors (Lipinski definition) is 2. The van der Waals surface area contributed by atoms with Crippen LogP contribution in [0.3, 0.4) is 0 Å². The molecule has 0 heterocycles. The Hall–Kier alpha value is -2.39. The molecule has 2 amide bonds. The van der Waals surface area contributed by atoms with Crippen molar-refractivity contribution in [3.05, 3.63) is 23.8 Å². The van der Waals surface area contributed by atoms with Gasteiger partial charge in [0, 0.05) is 5.69 Å². The van der Waals surface area contributed by atoms with Gasteiger partial charge in [-0.2, -0.15) is 22.0 Å². The molecule has 0 fully saturated rings. The summed E-state index contributed by atoms with van der Waals surface area (Å²) in [4.78, 5) is 21.9. The Kier molecular flexibility index (Phi) is 5.06. The molecule has 1 aromatic carbocycles. The predicted octanol–water partition coefficient (Wildman–Crippen LogP) is 1.93. The van der Waals surface area contributed by atoms with Gasteiger partial charge in [0.25, 0.3) is 11.8 Å². The van der Waals surface area contributed by atoms with Crippen molar-refractivity contribution in [2.45, 2.75) is 12.6 Å². The molecule has 0 aliphatic heterocycles. The molecule has 10 heteroatoms. The molecule has 0 aliphatic rings. The summed E-state index contributed by atoms with van der Waals surface area (Å²) in [6.07, 6.45) is -7.92. The van der Waals surface area contributed by atoms with Crippen LogP contribution in [0.25, 0.3) is 0 Å². The Bertz CT molecular complexity index is 545. The molecule has 5 nitrogen and oxygen atoms in total. The molecule has 0 saturated heterocycles. The molecule has 0 radical (unpaired) electrons. The summed E-state index contributed by atoms with van der Waals surface area (Å²) in [5, 5.41) is 1.76. The van der Waals surface area contributed by atoms with E-state index in [1.54, 1.807) is 5.32 Å². The number of ether oxygens (including phenoxy) is 1. The number of anilines is 1. The zero-order valence-corrected chi connectivity index (χ0v) is 10.2. The van der Waals surface area contributed by atoms with E-state index < -0.39 is 42.3 Å². The SMILES string of the molecule is NC(=O)c1cc(NC(=O)C(F)F)ccc1OCC(F)(F)F. The first-order chi connectivity index (χ1) is 9.60. The summed E-state index contributed by atoms with van der Waals surface area (Å²) < 4.78 is 64.6. The quantitative estimate of drug-likeness (QED) is 0.815. The lowest BCUT2D eigenvalue weighted by Gasteiger charge is -2.13. The number of hydrogen-bond acceptors (Lipinski definition) is 3. The number of carbonyl (C=O) groups is 2. The van der Waals surface area contributed by atoms with Crippen molar-refractivity contribution < 1.29 is 36.3 Å². The van der Waals surface area contributed by atoms with Gasteiger partial charge >= 0.3 is 12.6 Å². The van der Waals surface area contributed by atoms with Crippen LogP contribution in [0.15, 0.2) is 18.2 Å². The molecule has 116 valence electrons. The second kappa shape index (κ2) is 6.37. The van der Waals surface area contributed by atoms with Gasteiger partial charge in [-0.05, 0) is 18.2 Å². The number of nitrogens with one attached hydrogen (secondary N) is 1. The molecular weight excluding hydrogens is 303 g/mol. The standard InChI is InChI=1S/C11H9F5N2O3/c12-8(13)10(20)18-5-1-2-7(6(3-5)9(17)19)21-4-11(14,15)16/h1-3,8H,4H2,(H2,17,19)(H,18,20). The van der Waals surface area contributed by atoms with E-state index in [4.69, 9.17) is 5.73 Å². The molecule has 0 atom stereocenters. The number of nitrogens with two attached hydrogens (primary N) is 1. The molecule has 0 aliphatic carbocycles. The van der Waals surface area contributed by atoms with Crippen molar-refractivity contribution in [1.29, 1.82) is 0 Å². The summed E-state index contributed by atoms with van der Waals surface area (Å²) in [7, 11) is 0. The third-order valence-electron chi connectivity index (χ3n) is 2.10. The maximum Gasteiger partial charge on any atom is 0.422 e. The topological polar surface area (TPSA) is 81.4 Å². The van der Waals surface area contributed by atoms with Crippen molar-refractivity contribution >= 4 is 17.5 Å². The van der Waals surface area contributed by atoms with Crippen molar-refractivity contribution in [2.75, 3.05) is 11.9 Å². The van der Waals surface area contributed by atoms with Gasteiger partial charge in [0.05, 0.1) is 5.56 Å². The third-order valence-corrected chi connectivity index (χ3v) is 2.10. The van der Waals surface area contributed by atoms with Crippen molar-refractivity contribution in [2.24, 2.45) is 5.73 Å². The van der Waals surface area contributed by atoms with E-state index in [0.717, 1.165) is 18.2 Å². The maximum absolute atomic E-state index is 12.1. The van der Waals surface area contributed by atoms with Crippen LogP contribution in [0.4, 0.5) is 27.6 Å². The van der Waals surface area contributed by atoms with Crippen LogP contribution >= 0.6 is 0 Å². The van der Waals surface area contributed by atoms with Crippen LogP contribution in [0, 0.1) is 0 Å². The number of rotatable bonds is 5. The fourth-order valence-electron chi connectivity index (χ4n) is 1.28. The maximum atomic E-state index is 12.1. The highest BCUT2D eigenvalue weighted by molar-refractivity contribution is 5.99. The molecule has 0 saturated carbocycles. The second-order valence-electron chi connectivity index (χ2n) is 3.77. The highest BCUT2D eigenvalue weighted by Gasteiger charge is 2.29. The van der Waals surface area contributed by atoms with Gasteiger partial charge < -0.3 is 15.8 Å². The Balaban J connectivity index is 2.97. The van der Waals surface area contributed by atoms with Gasteiger partial charge in [0.2, 0.25) is 0 Å². The van der Waals surface area contributed by atoms with Gasteiger partial charge in [0.1, 0.15) is 5.75 Å². The smallest absolute Gasteiger partial charge is 0.422 e. The molecule has 0 spiro atoms. The first-order valence-electron chi connectivity index (χ1n) is 5.32. The largest absolute Gasteiger partial charge is 0.483 e. The number of amides is 2. The van der Waals surface area contributed by atoms with Crippen molar-refractivity contribution in [1.82, 2.24) is 0 Å². The average Bonchev–Trinajstić information content (AvgIpc) is 2.35. The second-order valence-corrected chi connectivity index (χ2v) is 3.77. The number of halogens is 5. The monoisotopic (exact) mass is 312 g/mol. The number of carbonyl (C=O) groups excluding carboxylic acids is 2. The number of benzene rings is 1. The lowest BCUT2D eigenvalue weighted by Crippen LogP contribution is -2.22. The van der Waals surface area contributed by atoms with E-state index in [1.165, 1.54) is 0 Å². The molecule has 0 bridgehead atoms. The third kappa shape index (κ3) is 5.24. The van der Waals surface area contributed by atoms with Gasteiger partial charge in [-0.1, -0.05) is 0 Å². The Morgan fingerprint density at radius 3 is 2.38 bits per heavy atom. The van der Waals surface area contributed by atoms with E-state index >= 15 is 0 Å². The summed E-state index contributed by atoms with van der Waals surface area (Å²) in [5.74, 6) is -3.25. The van der Waals surface area contributed by atoms with Crippen LogP contribution in [-0.2, 0) is 4.79 Å². The van der Waals surface area contributed by atoms with Crippen molar-refractivity contribution in [3.63, 3.8) is 0 Å². The first kappa shape index (κ1) is 16.7. The van der Waals surface area contributed by atoms with Crippen LogP contribution < -0.4 is 15.8 Å². The molecule has 0 unspecified atom stereocenters. The van der Waals surface area contributed by atoms with Crippen LogP contribution in [0.1, 0.15) is 10.4 Å². The lowest BCUT2D eigenvalue weighted by atomic mass is 10.1. The van der Waals surface area contributed by atoms with Gasteiger partial charge in [-0.25, -0.2) is 0 Å². The summed E-state index contributed by atoms with van der Waals surface area (Å²) >= 11 is 0. The summed E-state index contributed by atoms with van der Waals surface area (Å²) in [6.45, 7) is -1.66. The zero-order valence-electron chi connectivity index (χ0n) is 10.2. The van der Waals surface area contributed by atoms with E-state index in [2.05, 4.69) is 4.74 Å². The predicted molar refractivity (Wildman–Crippen MR) is 61.1 cm³/mol. The summed E-state index contributed by atoms with van der Waals surface area (Å²) in [5.41, 5.74) is 4.24. The van der Waals surface area contributed by atoms with E-state index in [-0.39, 0.29) is 5.69 Å².